The zero-order valence-electron chi connectivity index (χ0n) is 42.8. The summed E-state index contributed by atoms with van der Waals surface area (Å²) in [5.74, 6) is 0. The lowest BCUT2D eigenvalue weighted by atomic mass is 9.80. The van der Waals surface area contributed by atoms with Gasteiger partial charge in [0.25, 0.3) is 0 Å². The Labute approximate surface area is 428 Å². The lowest BCUT2D eigenvalue weighted by molar-refractivity contribution is -0.329. The minimum Gasteiger partial charge on any atom is -0.390 e. The summed E-state index contributed by atoms with van der Waals surface area (Å²) in [5.41, 5.74) is -0.605. The third-order valence-corrected chi connectivity index (χ3v) is 19.7. The van der Waals surface area contributed by atoms with Crippen molar-refractivity contribution in [2.24, 2.45) is 0 Å². The standard InChI is InChI=1S/C55H80O18/c1-25(24-56)7-5-6-8-31-28(58)13-29(59)52-46(62-31)20-41-35(70-52)15-30(60)53-47(66-41)21-43-49(71-53)23-55(4)51(69-43)12-10-33-45(73-55)19-40-37(64-33)16-39-38(65-40)17-42-48(67-39)22-54(3)50(68-42)11-9-32-44(72-54)18-36-34(63-32)14-27(57)26(2)61-36/h5-7,24,26-53,57-60H,8-23H2,1-4H3/b6-5+,25-7+/t26-,27+,28-,29+,30+,31+,32+,33+,34-,35-,36+,37-,38-,39+,40+,41+,42+,43+,44-,45-,46-,47-,48-,49-,50-,51-,52+,53+,54+,55+/m1/s1. The first-order chi connectivity index (χ1) is 35.2. The first-order valence-corrected chi connectivity index (χ1v) is 28.2. The molecule has 0 bridgehead atoms. The predicted octanol–water partition coefficient (Wildman–Crippen LogP) is 3.15. The van der Waals surface area contributed by atoms with Crippen LogP contribution in [0.1, 0.15) is 130 Å². The van der Waals surface area contributed by atoms with Crippen molar-refractivity contribution >= 4 is 6.29 Å². The van der Waals surface area contributed by atoms with E-state index in [2.05, 4.69) is 13.8 Å². The SMILES string of the molecule is C/C(C=O)=C\C=C\C[C@@H]1O[C@@H]2C[C@@H]3O[C@@H]4C[C@@H]5O[C@@H]6CC[C@@H]7O[C@@H]8C[C@@H]9O[C@@H]%10C[C@]%11(C)O[C@@H]%12C[C@@H]%13O[C@H](C)[C@@H](O)C[C@H]%13O[C@H]%12CC[C@H]%11O[C@H]%10C[C@H]9O[C@H]8C[C@H]7O[C@@]6(C)C[C@H]5O[C@H]4[C@@H](O)C[C@H]3O[C@H]2[C@@H](O)C[C@H]1O. The van der Waals surface area contributed by atoms with Gasteiger partial charge in [-0.1, -0.05) is 18.2 Å². The Bertz CT molecular complexity index is 2060. The summed E-state index contributed by atoms with van der Waals surface area (Å²) in [5, 5.41) is 44.6. The largest absolute Gasteiger partial charge is 0.390 e. The Morgan fingerprint density at radius 2 is 0.877 bits per heavy atom. The number of hydrogen-bond donors (Lipinski definition) is 4. The van der Waals surface area contributed by atoms with Crippen LogP contribution in [0.25, 0.3) is 0 Å². The van der Waals surface area contributed by atoms with Gasteiger partial charge in [0.05, 0.1) is 170 Å². The van der Waals surface area contributed by atoms with Gasteiger partial charge in [-0.15, -0.1) is 0 Å². The number of fused-ring (bicyclic) bond motifs is 12. The van der Waals surface area contributed by atoms with Gasteiger partial charge in [0.15, 0.2) is 0 Å². The third kappa shape index (κ3) is 9.60. The number of rotatable bonds is 4. The third-order valence-electron chi connectivity index (χ3n) is 19.7. The zero-order chi connectivity index (χ0) is 50.1. The molecule has 0 aromatic rings. The monoisotopic (exact) mass is 1030 g/mol. The van der Waals surface area contributed by atoms with E-state index in [1.54, 1.807) is 19.1 Å². The van der Waals surface area contributed by atoms with Crippen LogP contribution in [0.15, 0.2) is 23.8 Å². The van der Waals surface area contributed by atoms with Crippen molar-refractivity contribution in [1.82, 2.24) is 0 Å². The lowest BCUT2D eigenvalue weighted by Gasteiger charge is -2.56. The molecule has 30 atom stereocenters. The van der Waals surface area contributed by atoms with Crippen LogP contribution < -0.4 is 0 Å². The molecule has 0 amide bonds. The molecule has 18 heteroatoms. The highest BCUT2D eigenvalue weighted by molar-refractivity contribution is 5.72. The Balaban J connectivity index is 0.634. The highest BCUT2D eigenvalue weighted by Crippen LogP contribution is 2.51. The van der Waals surface area contributed by atoms with Crippen LogP contribution in [0.5, 0.6) is 0 Å². The summed E-state index contributed by atoms with van der Waals surface area (Å²) < 4.78 is 88.7. The minimum absolute atomic E-state index is 0.0633. The maximum atomic E-state index is 11.8. The molecule has 0 radical (unpaired) electrons. The predicted molar refractivity (Wildman–Crippen MR) is 254 cm³/mol. The van der Waals surface area contributed by atoms with E-state index in [4.69, 9.17) is 61.6 Å². The number of ether oxygens (including phenoxy) is 13. The number of hydrogen-bond acceptors (Lipinski definition) is 18. The van der Waals surface area contributed by atoms with Crippen LogP contribution in [0.3, 0.4) is 0 Å². The second-order valence-electron chi connectivity index (χ2n) is 24.8. The van der Waals surface area contributed by atoms with Gasteiger partial charge in [-0.05, 0) is 65.4 Å². The van der Waals surface area contributed by atoms with E-state index in [1.165, 1.54) is 0 Å². The second-order valence-corrected chi connectivity index (χ2v) is 24.8. The molecular formula is C55H80O18. The fourth-order valence-electron chi connectivity index (χ4n) is 15.8. The fraction of sp³-hybridized carbons (Fsp3) is 0.909. The molecule has 13 aliphatic rings. The number of carbonyl (C=O) groups excluding carboxylic acids is 1. The Morgan fingerprint density at radius 1 is 0.452 bits per heavy atom. The molecule has 13 aliphatic heterocycles. The molecular weight excluding hydrogens is 949 g/mol. The van der Waals surface area contributed by atoms with Crippen LogP contribution in [-0.2, 0) is 66.4 Å². The highest BCUT2D eigenvalue weighted by Gasteiger charge is 2.61. The second kappa shape index (κ2) is 20.0. The smallest absolute Gasteiger partial charge is 0.145 e. The fourth-order valence-corrected chi connectivity index (χ4v) is 15.8. The first kappa shape index (κ1) is 50.9. The molecule has 0 spiro atoms. The van der Waals surface area contributed by atoms with E-state index in [1.807, 2.05) is 13.0 Å². The molecule has 13 heterocycles. The van der Waals surface area contributed by atoms with Gasteiger partial charge in [0.2, 0.25) is 0 Å². The van der Waals surface area contributed by atoms with Gasteiger partial charge in [-0.2, -0.15) is 0 Å². The topological polar surface area (TPSA) is 218 Å². The molecule has 13 fully saturated rings. The van der Waals surface area contributed by atoms with E-state index in [9.17, 15) is 25.2 Å². The van der Waals surface area contributed by atoms with Crippen molar-refractivity contribution in [2.75, 3.05) is 0 Å². The van der Waals surface area contributed by atoms with Gasteiger partial charge in [-0.3, -0.25) is 4.79 Å². The minimum atomic E-state index is -0.961. The summed E-state index contributed by atoms with van der Waals surface area (Å²) in [4.78, 5) is 11.0. The average Bonchev–Trinajstić information content (AvgIpc) is 3.70. The van der Waals surface area contributed by atoms with Crippen molar-refractivity contribution < 1.29 is 86.8 Å². The maximum absolute atomic E-state index is 11.8. The van der Waals surface area contributed by atoms with E-state index in [0.717, 1.165) is 57.7 Å². The molecule has 0 saturated carbocycles. The number of carbonyl (C=O) groups is 1. The van der Waals surface area contributed by atoms with Gasteiger partial charge < -0.3 is 82.0 Å². The summed E-state index contributed by atoms with van der Waals surface area (Å²) >= 11 is 0. The van der Waals surface area contributed by atoms with Crippen LogP contribution >= 0.6 is 0 Å². The van der Waals surface area contributed by atoms with Crippen LogP contribution in [0.2, 0.25) is 0 Å². The number of allylic oxidation sites excluding steroid dienone is 3. The summed E-state index contributed by atoms with van der Waals surface area (Å²) in [7, 11) is 0. The number of aliphatic hydroxyl groups excluding tert-OH is 4. The van der Waals surface area contributed by atoms with Crippen molar-refractivity contribution in [1.29, 1.82) is 0 Å². The summed E-state index contributed by atoms with van der Waals surface area (Å²) in [6.07, 6.45) is 6.30. The van der Waals surface area contributed by atoms with E-state index in [-0.39, 0.29) is 117 Å². The quantitative estimate of drug-likeness (QED) is 0.181. The van der Waals surface area contributed by atoms with Crippen molar-refractivity contribution in [2.45, 2.75) is 313 Å². The van der Waals surface area contributed by atoms with Gasteiger partial charge in [0, 0.05) is 70.6 Å². The number of aldehydes is 1. The van der Waals surface area contributed by atoms with Crippen molar-refractivity contribution in [3.63, 3.8) is 0 Å². The average molecular weight is 1030 g/mol. The summed E-state index contributed by atoms with van der Waals surface area (Å²) in [6, 6.07) is 0. The van der Waals surface area contributed by atoms with Gasteiger partial charge >= 0.3 is 0 Å². The molecule has 73 heavy (non-hydrogen) atoms. The maximum Gasteiger partial charge on any atom is 0.145 e. The number of aliphatic hydroxyl groups is 4. The van der Waals surface area contributed by atoms with Crippen molar-refractivity contribution in [3.8, 4) is 0 Å². The first-order valence-electron chi connectivity index (χ1n) is 28.2. The van der Waals surface area contributed by atoms with Crippen LogP contribution in [0, 0.1) is 0 Å². The molecule has 13 rings (SSSR count). The van der Waals surface area contributed by atoms with E-state index < -0.39 is 78.3 Å². The van der Waals surface area contributed by atoms with Gasteiger partial charge in [0.1, 0.15) is 18.5 Å². The Kier molecular flexibility index (Phi) is 13.9. The lowest BCUT2D eigenvalue weighted by Crippen LogP contribution is -2.65. The van der Waals surface area contributed by atoms with E-state index in [0.29, 0.717) is 44.1 Å². The molecule has 18 nitrogen and oxygen atoms in total. The molecule has 408 valence electrons. The van der Waals surface area contributed by atoms with Gasteiger partial charge in [-0.25, -0.2) is 0 Å². The molecule has 13 saturated heterocycles. The molecule has 4 N–H and O–H groups in total. The molecule has 0 unspecified atom stereocenters. The normalized spacial score (nSPS) is 57.7. The highest BCUT2D eigenvalue weighted by atomic mass is 16.7. The molecule has 0 aromatic carbocycles. The van der Waals surface area contributed by atoms with E-state index >= 15 is 0 Å². The Hall–Kier alpha value is -1.53. The Morgan fingerprint density at radius 3 is 1.48 bits per heavy atom. The van der Waals surface area contributed by atoms with Crippen molar-refractivity contribution in [3.05, 3.63) is 23.8 Å². The van der Waals surface area contributed by atoms with Crippen LogP contribution in [0.4, 0.5) is 0 Å². The van der Waals surface area contributed by atoms with Crippen LogP contribution in [-0.4, -0.2) is 209 Å². The molecule has 0 aromatic heterocycles. The molecule has 0 aliphatic carbocycles. The zero-order valence-corrected chi connectivity index (χ0v) is 42.8. The summed E-state index contributed by atoms with van der Waals surface area (Å²) in [6.45, 7) is 7.98.